The maximum Gasteiger partial charge on any atom is 0.179 e. The summed E-state index contributed by atoms with van der Waals surface area (Å²) in [4.78, 5) is 16.3. The third-order valence-electron chi connectivity index (χ3n) is 13.7. The second-order valence-electron chi connectivity index (χ2n) is 17.5. The van der Waals surface area contributed by atoms with Crippen LogP contribution in [-0.4, -0.2) is 27.6 Å². The van der Waals surface area contributed by atoms with E-state index in [0.717, 1.165) is 44.5 Å². The van der Waals surface area contributed by atoms with Crippen molar-refractivity contribution in [2.75, 3.05) is 0 Å². The summed E-state index contributed by atoms with van der Waals surface area (Å²) in [6.07, 6.45) is 0. The number of hydrogen-bond acceptors (Lipinski definition) is 4. The molecule has 0 aliphatic rings. The molecule has 13 aromatic rings. The van der Waals surface area contributed by atoms with E-state index in [-0.39, 0.29) is 0 Å². The second kappa shape index (κ2) is 17.0. The lowest BCUT2D eigenvalue weighted by molar-refractivity contribution is 1.06. The third kappa shape index (κ3) is 6.83. The highest BCUT2D eigenvalue weighted by Gasteiger charge is 2.41. The molecule has 0 amide bonds. The Morgan fingerprint density at radius 1 is 0.304 bits per heavy atom. The molecule has 0 atom stereocenters. The van der Waals surface area contributed by atoms with Gasteiger partial charge >= 0.3 is 0 Å². The Bertz CT molecular complexity index is 3860. The van der Waals surface area contributed by atoms with Crippen molar-refractivity contribution in [2.45, 2.75) is 0 Å². The summed E-state index contributed by atoms with van der Waals surface area (Å²) in [5, 5.41) is 10.2. The second-order valence-corrected chi connectivity index (χ2v) is 22.4. The van der Waals surface area contributed by atoms with Crippen molar-refractivity contribution < 1.29 is 0 Å². The van der Waals surface area contributed by atoms with E-state index in [1.165, 1.54) is 51.7 Å². The quantitative estimate of drug-likeness (QED) is 0.107. The normalized spacial score (nSPS) is 11.8. The lowest BCUT2D eigenvalue weighted by Crippen LogP contribution is -2.74. The summed E-state index contributed by atoms with van der Waals surface area (Å²) in [7, 11) is -2.77. The van der Waals surface area contributed by atoms with Gasteiger partial charge in [0.05, 0.1) is 16.7 Å². The number of rotatable bonds is 9. The van der Waals surface area contributed by atoms with Crippen LogP contribution in [0.2, 0.25) is 0 Å². The van der Waals surface area contributed by atoms with E-state index in [4.69, 9.17) is 15.0 Å². The van der Waals surface area contributed by atoms with Gasteiger partial charge in [0, 0.05) is 47.6 Å². The lowest BCUT2D eigenvalue weighted by atomic mass is 9.98. The van der Waals surface area contributed by atoms with Crippen LogP contribution < -0.4 is 20.7 Å². The molecular formula is C63H42N4SSi. The van der Waals surface area contributed by atoms with Crippen LogP contribution in [0.5, 0.6) is 0 Å². The van der Waals surface area contributed by atoms with Gasteiger partial charge in [-0.15, -0.1) is 11.3 Å². The van der Waals surface area contributed by atoms with Gasteiger partial charge in [0.2, 0.25) is 0 Å². The van der Waals surface area contributed by atoms with Crippen LogP contribution in [0.15, 0.2) is 255 Å². The molecule has 0 aliphatic heterocycles. The molecule has 3 aromatic heterocycles. The van der Waals surface area contributed by atoms with E-state index < -0.39 is 8.07 Å². The fourth-order valence-electron chi connectivity index (χ4n) is 10.5. The first-order chi connectivity index (χ1) is 34.2. The molecule has 10 aromatic carbocycles. The minimum absolute atomic E-state index is 0.605. The topological polar surface area (TPSA) is 43.6 Å². The number of fused-ring (bicyclic) bond motifs is 6. The highest BCUT2D eigenvalue weighted by molar-refractivity contribution is 7.25. The summed E-state index contributed by atoms with van der Waals surface area (Å²) in [5.41, 5.74) is 8.21. The zero-order valence-corrected chi connectivity index (χ0v) is 39.3. The molecule has 324 valence electrons. The lowest BCUT2D eigenvalue weighted by Gasteiger charge is -2.34. The fraction of sp³-hybridized carbons (Fsp3) is 0. The predicted molar refractivity (Wildman–Crippen MR) is 292 cm³/mol. The van der Waals surface area contributed by atoms with Gasteiger partial charge < -0.3 is 4.57 Å². The van der Waals surface area contributed by atoms with Crippen LogP contribution in [0.25, 0.3) is 93.0 Å². The van der Waals surface area contributed by atoms with Gasteiger partial charge in [-0.3, -0.25) is 0 Å². The molecule has 0 radical (unpaired) electrons. The molecule has 0 saturated heterocycles. The molecule has 0 saturated carbocycles. The summed E-state index contributed by atoms with van der Waals surface area (Å²) in [5.74, 6) is 1.83. The molecule has 0 spiro atoms. The maximum atomic E-state index is 5.46. The molecule has 0 unspecified atom stereocenters. The SMILES string of the molecule is c1ccc([Si](c2ccccc2)(c2ccccc2)c2ccc(-c3nc(-c4ccccc4-c4ccc5c(c4)sc4ccccc45)nc(-c4ccccc4-n4c5ccccc5c5ccccc54)n3)cc2)cc1. The number of para-hydroxylation sites is 3. The maximum absolute atomic E-state index is 5.46. The van der Waals surface area contributed by atoms with Crippen LogP contribution in [0.4, 0.5) is 0 Å². The molecule has 0 aliphatic carbocycles. The van der Waals surface area contributed by atoms with Crippen molar-refractivity contribution in [2.24, 2.45) is 0 Å². The first-order valence-corrected chi connectivity index (χ1v) is 26.2. The molecule has 0 N–H and O–H groups in total. The average molecular weight is 915 g/mol. The molecule has 6 heteroatoms. The Kier molecular flexibility index (Phi) is 10.00. The van der Waals surface area contributed by atoms with E-state index in [0.29, 0.717) is 17.5 Å². The van der Waals surface area contributed by atoms with Gasteiger partial charge in [-0.2, -0.15) is 0 Å². The number of aromatic nitrogens is 4. The standard InChI is InChI=1S/C63H42N4SSi/c1-4-20-45(21-5-1)69(46-22-6-2-7-23-46,47-24-8-3-9-25-47)48-39-36-43(37-40-48)61-64-62(54-30-11-10-26-49(54)44-38-41-53-52-29-15-19-35-59(52)68-60(53)42-44)66-63(65-61)55-31-14-18-34-58(55)67-56-32-16-12-27-50(56)51-28-13-17-33-57(51)67/h1-42H. The molecule has 3 heterocycles. The zero-order chi connectivity index (χ0) is 45.7. The molecular weight excluding hydrogens is 873 g/mol. The number of nitrogens with zero attached hydrogens (tertiary/aromatic N) is 4. The number of thiophene rings is 1. The van der Waals surface area contributed by atoms with E-state index in [1.54, 1.807) is 0 Å². The molecule has 0 fully saturated rings. The monoisotopic (exact) mass is 914 g/mol. The van der Waals surface area contributed by atoms with Crippen molar-refractivity contribution in [1.29, 1.82) is 0 Å². The zero-order valence-electron chi connectivity index (χ0n) is 37.4. The van der Waals surface area contributed by atoms with Gasteiger partial charge in [0.15, 0.2) is 25.5 Å². The Balaban J connectivity index is 1.03. The minimum Gasteiger partial charge on any atom is -0.309 e. The van der Waals surface area contributed by atoms with Crippen LogP contribution in [0.3, 0.4) is 0 Å². The van der Waals surface area contributed by atoms with Gasteiger partial charge in [0.25, 0.3) is 0 Å². The first kappa shape index (κ1) is 40.7. The van der Waals surface area contributed by atoms with E-state index in [1.807, 2.05) is 11.3 Å². The average Bonchev–Trinajstić information content (AvgIpc) is 3.97. The number of benzene rings is 10. The summed E-state index contributed by atoms with van der Waals surface area (Å²) in [6, 6.07) is 92.0. The molecule has 0 bridgehead atoms. The third-order valence-corrected chi connectivity index (χ3v) is 19.6. The molecule has 13 rings (SSSR count). The largest absolute Gasteiger partial charge is 0.309 e. The Morgan fingerprint density at radius 3 is 1.36 bits per heavy atom. The van der Waals surface area contributed by atoms with Crippen molar-refractivity contribution in [3.8, 4) is 51.0 Å². The van der Waals surface area contributed by atoms with E-state index >= 15 is 0 Å². The van der Waals surface area contributed by atoms with Gasteiger partial charge in [0.1, 0.15) is 0 Å². The Morgan fingerprint density at radius 2 is 0.739 bits per heavy atom. The molecule has 4 nitrogen and oxygen atoms in total. The van der Waals surface area contributed by atoms with Crippen molar-refractivity contribution in [3.63, 3.8) is 0 Å². The van der Waals surface area contributed by atoms with Gasteiger partial charge in [-0.25, -0.2) is 15.0 Å². The minimum atomic E-state index is -2.77. The highest BCUT2D eigenvalue weighted by atomic mass is 32.1. The van der Waals surface area contributed by atoms with Crippen LogP contribution >= 0.6 is 11.3 Å². The highest BCUT2D eigenvalue weighted by Crippen LogP contribution is 2.40. The summed E-state index contributed by atoms with van der Waals surface area (Å²) >= 11 is 1.83. The van der Waals surface area contributed by atoms with Gasteiger partial charge in [-0.05, 0) is 68.3 Å². The smallest absolute Gasteiger partial charge is 0.179 e. The van der Waals surface area contributed by atoms with Crippen molar-refractivity contribution in [1.82, 2.24) is 19.5 Å². The van der Waals surface area contributed by atoms with E-state index in [9.17, 15) is 0 Å². The van der Waals surface area contributed by atoms with Crippen LogP contribution in [0, 0.1) is 0 Å². The summed E-state index contributed by atoms with van der Waals surface area (Å²) < 4.78 is 4.89. The Hall–Kier alpha value is -8.55. The first-order valence-electron chi connectivity index (χ1n) is 23.3. The number of hydrogen-bond donors (Lipinski definition) is 0. The van der Waals surface area contributed by atoms with Crippen molar-refractivity contribution in [3.05, 3.63) is 255 Å². The Labute approximate surface area is 405 Å². The van der Waals surface area contributed by atoms with Crippen LogP contribution in [-0.2, 0) is 0 Å². The van der Waals surface area contributed by atoms with Crippen LogP contribution in [0.1, 0.15) is 0 Å². The van der Waals surface area contributed by atoms with E-state index in [2.05, 4.69) is 259 Å². The molecule has 69 heavy (non-hydrogen) atoms. The fourth-order valence-corrected chi connectivity index (χ4v) is 16.4. The predicted octanol–water partition coefficient (Wildman–Crippen LogP) is 13.4. The summed E-state index contributed by atoms with van der Waals surface area (Å²) in [6.45, 7) is 0. The van der Waals surface area contributed by atoms with Crippen molar-refractivity contribution >= 4 is 82.1 Å². The van der Waals surface area contributed by atoms with Gasteiger partial charge in [-0.1, -0.05) is 218 Å².